The third-order valence-electron chi connectivity index (χ3n) is 3.71. The summed E-state index contributed by atoms with van der Waals surface area (Å²) in [5, 5.41) is 14.1. The van der Waals surface area contributed by atoms with Crippen molar-refractivity contribution in [3.8, 4) is 22.4 Å². The van der Waals surface area contributed by atoms with Crippen LogP contribution in [-0.2, 0) is 0 Å². The Kier molecular flexibility index (Phi) is 3.65. The number of carbonyl (C=O) groups is 1. The van der Waals surface area contributed by atoms with E-state index in [9.17, 15) is 9.90 Å². The van der Waals surface area contributed by atoms with Crippen LogP contribution in [0.3, 0.4) is 0 Å². The number of hydrogen-bond donors (Lipinski definition) is 2. The molecule has 2 aromatic heterocycles. The Morgan fingerprint density at radius 3 is 2.48 bits per heavy atom. The number of hydrogen-bond acceptors (Lipinski definition) is 3. The van der Waals surface area contributed by atoms with Gasteiger partial charge in [0.25, 0.3) is 0 Å². The lowest BCUT2D eigenvalue weighted by Gasteiger charge is -2.06. The Balaban J connectivity index is 2.24. The van der Waals surface area contributed by atoms with E-state index < -0.39 is 5.97 Å². The van der Waals surface area contributed by atoms with E-state index in [-0.39, 0.29) is 11.7 Å². The van der Waals surface area contributed by atoms with Gasteiger partial charge in [-0.3, -0.25) is 9.36 Å². The predicted octanol–water partition coefficient (Wildman–Crippen LogP) is 3.01. The Bertz CT molecular complexity index is 847. The second-order valence-electron chi connectivity index (χ2n) is 5.62. The van der Waals surface area contributed by atoms with Gasteiger partial charge in [-0.15, -0.1) is 0 Å². The molecule has 0 aliphatic carbocycles. The van der Waals surface area contributed by atoms with Crippen LogP contribution in [0.15, 0.2) is 48.8 Å². The van der Waals surface area contributed by atoms with Gasteiger partial charge >= 0.3 is 5.97 Å². The highest BCUT2D eigenvalue weighted by Gasteiger charge is 2.23. The van der Waals surface area contributed by atoms with Crippen molar-refractivity contribution < 1.29 is 9.90 Å². The van der Waals surface area contributed by atoms with E-state index in [2.05, 4.69) is 5.10 Å². The summed E-state index contributed by atoms with van der Waals surface area (Å²) in [7, 11) is 0. The normalized spacial score (nSPS) is 11.1. The largest absolute Gasteiger partial charge is 0.476 e. The molecule has 0 bridgehead atoms. The average Bonchev–Trinajstić information content (AvgIpc) is 3.12. The number of aromatic carboxylic acids is 1. The van der Waals surface area contributed by atoms with Gasteiger partial charge in [0.1, 0.15) is 0 Å². The summed E-state index contributed by atoms with van der Waals surface area (Å²) in [5.41, 5.74) is 2.82. The first-order valence-corrected chi connectivity index (χ1v) is 7.33. The minimum absolute atomic E-state index is 0.0466. The fraction of sp³-hybridized carbons (Fsp3) is 0.176. The minimum atomic E-state index is -1.07. The van der Waals surface area contributed by atoms with Crippen molar-refractivity contribution >= 4 is 5.97 Å². The summed E-state index contributed by atoms with van der Waals surface area (Å²) in [5.74, 6) is 4.82. The molecule has 6 nitrogen and oxygen atoms in total. The van der Waals surface area contributed by atoms with Crippen LogP contribution in [0.4, 0.5) is 0 Å². The summed E-state index contributed by atoms with van der Waals surface area (Å²) < 4.78 is 2.98. The second kappa shape index (κ2) is 5.64. The zero-order valence-corrected chi connectivity index (χ0v) is 13.0. The predicted molar refractivity (Wildman–Crippen MR) is 88.6 cm³/mol. The standard InChI is InChI=1S/C17H18N4O2/c1-11(2)21-9-8-14(19-21)13-10-20(18)16(17(22)23)15(13)12-6-4-3-5-7-12/h3-11H,18H2,1-2H3,(H,22,23). The molecule has 3 N–H and O–H groups in total. The molecule has 3 rings (SSSR count). The van der Waals surface area contributed by atoms with E-state index in [0.717, 1.165) is 10.2 Å². The Labute approximate surface area is 133 Å². The van der Waals surface area contributed by atoms with Gasteiger partial charge in [0.2, 0.25) is 0 Å². The van der Waals surface area contributed by atoms with E-state index in [0.29, 0.717) is 16.8 Å². The topological polar surface area (TPSA) is 86.1 Å². The molecule has 0 amide bonds. The van der Waals surface area contributed by atoms with Crippen LogP contribution in [-0.4, -0.2) is 25.5 Å². The van der Waals surface area contributed by atoms with E-state index in [4.69, 9.17) is 5.84 Å². The zero-order chi connectivity index (χ0) is 16.6. The fourth-order valence-electron chi connectivity index (χ4n) is 2.60. The summed E-state index contributed by atoms with van der Waals surface area (Å²) in [4.78, 5) is 11.6. The number of nitrogen functional groups attached to an aromatic ring is 1. The molecule has 0 aliphatic heterocycles. The molecule has 0 atom stereocenters. The Morgan fingerprint density at radius 1 is 1.22 bits per heavy atom. The summed E-state index contributed by atoms with van der Waals surface area (Å²) >= 11 is 0. The summed E-state index contributed by atoms with van der Waals surface area (Å²) in [6.07, 6.45) is 3.49. The van der Waals surface area contributed by atoms with Crippen molar-refractivity contribution in [2.45, 2.75) is 19.9 Å². The molecular weight excluding hydrogens is 292 g/mol. The highest BCUT2D eigenvalue weighted by Crippen LogP contribution is 2.35. The van der Waals surface area contributed by atoms with Crippen molar-refractivity contribution in [2.75, 3.05) is 5.84 Å². The maximum Gasteiger partial charge on any atom is 0.355 e. The smallest absolute Gasteiger partial charge is 0.355 e. The number of carboxylic acids is 1. The molecule has 23 heavy (non-hydrogen) atoms. The van der Waals surface area contributed by atoms with Gasteiger partial charge < -0.3 is 10.9 Å². The summed E-state index contributed by atoms with van der Waals surface area (Å²) in [6, 6.07) is 11.4. The maximum absolute atomic E-state index is 11.6. The Hall–Kier alpha value is -3.02. The number of rotatable bonds is 4. The van der Waals surface area contributed by atoms with Crippen LogP contribution in [0.25, 0.3) is 22.4 Å². The minimum Gasteiger partial charge on any atom is -0.476 e. The molecular formula is C17H18N4O2. The SMILES string of the molecule is CC(C)n1ccc(-c2cn(N)c(C(=O)O)c2-c2ccccc2)n1. The Morgan fingerprint density at radius 2 is 1.91 bits per heavy atom. The van der Waals surface area contributed by atoms with Crippen molar-refractivity contribution in [2.24, 2.45) is 0 Å². The highest BCUT2D eigenvalue weighted by atomic mass is 16.4. The third kappa shape index (κ3) is 2.59. The number of nitrogens with zero attached hydrogens (tertiary/aromatic N) is 3. The fourth-order valence-corrected chi connectivity index (χ4v) is 2.60. The van der Waals surface area contributed by atoms with E-state index in [1.807, 2.05) is 61.1 Å². The highest BCUT2D eigenvalue weighted by molar-refractivity contribution is 6.00. The molecule has 0 saturated heterocycles. The van der Waals surface area contributed by atoms with Gasteiger partial charge in [-0.2, -0.15) is 5.10 Å². The molecule has 1 aromatic carbocycles. The molecule has 3 aromatic rings. The molecule has 6 heteroatoms. The zero-order valence-electron chi connectivity index (χ0n) is 13.0. The quantitative estimate of drug-likeness (QED) is 0.725. The van der Waals surface area contributed by atoms with Gasteiger partial charge in [0.05, 0.1) is 5.69 Å². The monoisotopic (exact) mass is 310 g/mol. The molecule has 0 aliphatic rings. The van der Waals surface area contributed by atoms with Gasteiger partial charge in [0.15, 0.2) is 5.69 Å². The number of nitrogens with two attached hydrogens (primary N) is 1. The first kappa shape index (κ1) is 14.9. The van der Waals surface area contributed by atoms with E-state index in [1.54, 1.807) is 6.20 Å². The van der Waals surface area contributed by atoms with Crippen LogP contribution in [0.5, 0.6) is 0 Å². The third-order valence-corrected chi connectivity index (χ3v) is 3.71. The van der Waals surface area contributed by atoms with Crippen molar-refractivity contribution in [3.63, 3.8) is 0 Å². The van der Waals surface area contributed by atoms with Crippen LogP contribution in [0.2, 0.25) is 0 Å². The second-order valence-corrected chi connectivity index (χ2v) is 5.62. The number of aromatic nitrogens is 3. The molecule has 0 spiro atoms. The average molecular weight is 310 g/mol. The molecule has 0 fully saturated rings. The lowest BCUT2D eigenvalue weighted by atomic mass is 10.00. The van der Waals surface area contributed by atoms with Gasteiger partial charge in [-0.25, -0.2) is 4.79 Å². The van der Waals surface area contributed by atoms with Gasteiger partial charge in [0, 0.05) is 29.6 Å². The van der Waals surface area contributed by atoms with Gasteiger partial charge in [-0.1, -0.05) is 30.3 Å². The molecule has 118 valence electrons. The number of carboxylic acid groups (broad SMARTS) is 1. The molecule has 0 unspecified atom stereocenters. The molecule has 0 saturated carbocycles. The first-order chi connectivity index (χ1) is 11.0. The van der Waals surface area contributed by atoms with Gasteiger partial charge in [-0.05, 0) is 25.5 Å². The summed E-state index contributed by atoms with van der Waals surface area (Å²) in [6.45, 7) is 4.07. The van der Waals surface area contributed by atoms with Crippen LogP contribution >= 0.6 is 0 Å². The van der Waals surface area contributed by atoms with Crippen molar-refractivity contribution in [3.05, 3.63) is 54.5 Å². The molecule has 0 radical (unpaired) electrons. The van der Waals surface area contributed by atoms with E-state index >= 15 is 0 Å². The van der Waals surface area contributed by atoms with Crippen LogP contribution in [0.1, 0.15) is 30.4 Å². The van der Waals surface area contributed by atoms with Crippen molar-refractivity contribution in [1.29, 1.82) is 0 Å². The molecule has 2 heterocycles. The lowest BCUT2D eigenvalue weighted by molar-refractivity contribution is 0.0688. The van der Waals surface area contributed by atoms with E-state index in [1.165, 1.54) is 0 Å². The van der Waals surface area contributed by atoms with Crippen molar-refractivity contribution in [1.82, 2.24) is 14.5 Å². The number of benzene rings is 1. The lowest BCUT2D eigenvalue weighted by Crippen LogP contribution is -2.15. The van der Waals surface area contributed by atoms with Crippen LogP contribution < -0.4 is 5.84 Å². The maximum atomic E-state index is 11.6. The first-order valence-electron chi connectivity index (χ1n) is 7.33. The van der Waals surface area contributed by atoms with Crippen LogP contribution in [0, 0.1) is 0 Å².